The van der Waals surface area contributed by atoms with Crippen molar-refractivity contribution in [1.29, 1.82) is 0 Å². The molecule has 0 amide bonds. The van der Waals surface area contributed by atoms with Crippen LogP contribution in [0.3, 0.4) is 0 Å². The van der Waals surface area contributed by atoms with E-state index in [0.29, 0.717) is 25.0 Å². The van der Waals surface area contributed by atoms with E-state index in [0.717, 1.165) is 11.1 Å². The molecule has 1 saturated heterocycles. The summed E-state index contributed by atoms with van der Waals surface area (Å²) in [4.78, 5) is 40.0. The maximum Gasteiger partial charge on any atom is 0.336 e. The van der Waals surface area contributed by atoms with Crippen LogP contribution in [-0.4, -0.2) is 24.8 Å². The maximum absolute atomic E-state index is 14.2. The molecule has 2 aromatic rings. The van der Waals surface area contributed by atoms with Crippen molar-refractivity contribution in [3.05, 3.63) is 90.3 Å². The van der Waals surface area contributed by atoms with E-state index in [4.69, 9.17) is 18.6 Å². The van der Waals surface area contributed by atoms with Crippen LogP contribution < -0.4 is 0 Å². The van der Waals surface area contributed by atoms with Crippen LogP contribution in [0.2, 0.25) is 0 Å². The second-order valence-corrected chi connectivity index (χ2v) is 10.9. The molecule has 2 aliphatic carbocycles. The van der Waals surface area contributed by atoms with Gasteiger partial charge in [0.25, 0.3) is 0 Å². The van der Waals surface area contributed by atoms with Crippen LogP contribution in [0.4, 0.5) is 0 Å². The Hall–Kier alpha value is -3.87. The van der Waals surface area contributed by atoms with Gasteiger partial charge in [-0.25, -0.2) is 4.79 Å². The summed E-state index contributed by atoms with van der Waals surface area (Å²) in [5.74, 6) is -2.42. The van der Waals surface area contributed by atoms with Gasteiger partial charge in [-0.3, -0.25) is 9.59 Å². The summed E-state index contributed by atoms with van der Waals surface area (Å²) in [6.45, 7) is 8.24. The highest BCUT2D eigenvalue weighted by atomic mass is 16.5. The van der Waals surface area contributed by atoms with Gasteiger partial charge in [-0.15, -0.1) is 0 Å². The number of carbonyl (C=O) groups is 3. The quantitative estimate of drug-likeness (QED) is 0.366. The van der Waals surface area contributed by atoms with Crippen molar-refractivity contribution in [2.45, 2.75) is 39.2 Å². The molecule has 1 saturated carbocycles. The number of rotatable bonds is 5. The highest BCUT2D eigenvalue weighted by molar-refractivity contribution is 6.02. The molecule has 7 nitrogen and oxygen atoms in total. The molecule has 3 aliphatic rings. The first-order chi connectivity index (χ1) is 18.2. The number of ketones is 1. The maximum atomic E-state index is 14.2. The Morgan fingerprint density at radius 2 is 1.89 bits per heavy atom. The number of fused-ring (bicyclic) bond motifs is 3. The molecule has 1 aromatic carbocycles. The number of esters is 2. The number of ether oxygens (including phenoxy) is 3. The van der Waals surface area contributed by atoms with Gasteiger partial charge in [0, 0.05) is 23.5 Å². The van der Waals surface area contributed by atoms with Gasteiger partial charge in [0.2, 0.25) is 5.78 Å². The summed E-state index contributed by atoms with van der Waals surface area (Å²) in [6.07, 6.45) is 9.07. The van der Waals surface area contributed by atoms with E-state index in [2.05, 4.69) is 13.5 Å². The van der Waals surface area contributed by atoms with Crippen molar-refractivity contribution in [1.82, 2.24) is 0 Å². The molecule has 0 radical (unpaired) electrons. The number of benzene rings is 1. The Morgan fingerprint density at radius 3 is 2.58 bits per heavy atom. The summed E-state index contributed by atoms with van der Waals surface area (Å²) in [7, 11) is 1.33. The lowest BCUT2D eigenvalue weighted by molar-refractivity contribution is -0.176. The molecular weight excluding hydrogens is 484 g/mol. The molecule has 0 spiro atoms. The lowest BCUT2D eigenvalue weighted by Crippen LogP contribution is -2.60. The molecule has 2 fully saturated rings. The molecule has 0 N–H and O–H groups in total. The van der Waals surface area contributed by atoms with E-state index in [-0.39, 0.29) is 23.6 Å². The van der Waals surface area contributed by atoms with Crippen molar-refractivity contribution in [3.8, 4) is 0 Å². The van der Waals surface area contributed by atoms with E-state index in [1.165, 1.54) is 19.3 Å². The minimum atomic E-state index is -0.752. The van der Waals surface area contributed by atoms with Gasteiger partial charge in [-0.2, -0.15) is 0 Å². The third-order valence-electron chi connectivity index (χ3n) is 8.72. The molecule has 1 aliphatic heterocycles. The van der Waals surface area contributed by atoms with Crippen LogP contribution in [0.1, 0.15) is 50.3 Å². The number of carbonyl (C=O) groups excluding carboxylic acids is 3. The summed E-state index contributed by atoms with van der Waals surface area (Å²) >= 11 is 0. The third-order valence-corrected chi connectivity index (χ3v) is 8.72. The Morgan fingerprint density at radius 1 is 1.13 bits per heavy atom. The van der Waals surface area contributed by atoms with Crippen molar-refractivity contribution in [3.63, 3.8) is 0 Å². The largest absolute Gasteiger partial charge is 0.490 e. The Bertz CT molecular complexity index is 1300. The smallest absolute Gasteiger partial charge is 0.336 e. The molecule has 198 valence electrons. The molecule has 38 heavy (non-hydrogen) atoms. The first-order valence-corrected chi connectivity index (χ1v) is 12.8. The first kappa shape index (κ1) is 25.8. The summed E-state index contributed by atoms with van der Waals surface area (Å²) in [5, 5.41) is 0. The zero-order chi connectivity index (χ0) is 27.1. The summed E-state index contributed by atoms with van der Waals surface area (Å²) in [5.41, 5.74) is 0.338. The predicted molar refractivity (Wildman–Crippen MR) is 139 cm³/mol. The van der Waals surface area contributed by atoms with Crippen molar-refractivity contribution < 1.29 is 33.0 Å². The zero-order valence-electron chi connectivity index (χ0n) is 21.8. The molecular formula is C31H32O7. The predicted octanol–water partition coefficient (Wildman–Crippen LogP) is 5.81. The zero-order valence-corrected chi connectivity index (χ0v) is 21.8. The van der Waals surface area contributed by atoms with Gasteiger partial charge in [-0.05, 0) is 53.9 Å². The van der Waals surface area contributed by atoms with Gasteiger partial charge >= 0.3 is 11.9 Å². The molecule has 7 heteroatoms. The average molecular weight is 517 g/mol. The highest BCUT2D eigenvalue weighted by Crippen LogP contribution is 2.66. The van der Waals surface area contributed by atoms with Crippen LogP contribution in [0.25, 0.3) is 6.08 Å². The van der Waals surface area contributed by atoms with E-state index >= 15 is 0 Å². The minimum absolute atomic E-state index is 0.0981. The standard InChI is InChI=1S/C31H32O7/c1-19-22-12-14-30(2)23(29(34)35-4)16-24(38-26(32)11-10-20-8-6-5-7-9-20)27(33)28(30)31(22,3)17-25(37-19)21-13-15-36-18-21/h5-11,13,15-16,18,22-23,25,28H,1,12,14,17H2,2-4H3/b11-10+/t22-,23-,25-,28-,30-,31-/m0/s1. The second-order valence-electron chi connectivity index (χ2n) is 10.9. The van der Waals surface area contributed by atoms with Crippen molar-refractivity contribution in [2.24, 2.45) is 28.6 Å². The number of Topliss-reactive ketones (excluding diaryl/α,β-unsaturated/α-hetero) is 1. The Balaban J connectivity index is 1.51. The fourth-order valence-electron chi connectivity index (χ4n) is 6.94. The average Bonchev–Trinajstić information content (AvgIpc) is 3.44. The monoisotopic (exact) mass is 516 g/mol. The lowest BCUT2D eigenvalue weighted by Gasteiger charge is -2.60. The topological polar surface area (TPSA) is 92.0 Å². The van der Waals surface area contributed by atoms with Gasteiger partial charge in [0.15, 0.2) is 5.76 Å². The van der Waals surface area contributed by atoms with Crippen LogP contribution in [0.15, 0.2) is 83.6 Å². The number of allylic oxidation sites excluding steroid dienone is 2. The summed E-state index contributed by atoms with van der Waals surface area (Å²) < 4.78 is 22.3. The van der Waals surface area contributed by atoms with Crippen molar-refractivity contribution >= 4 is 23.8 Å². The van der Waals surface area contributed by atoms with E-state index in [9.17, 15) is 14.4 Å². The van der Waals surface area contributed by atoms with Gasteiger partial charge in [-0.1, -0.05) is 50.8 Å². The van der Waals surface area contributed by atoms with Crippen LogP contribution in [-0.2, 0) is 28.6 Å². The third kappa shape index (κ3) is 4.30. The van der Waals surface area contributed by atoms with Gasteiger partial charge < -0.3 is 18.6 Å². The lowest BCUT2D eigenvalue weighted by atomic mass is 9.44. The van der Waals surface area contributed by atoms with Crippen molar-refractivity contribution in [2.75, 3.05) is 7.11 Å². The number of methoxy groups -OCH3 is 1. The molecule has 5 rings (SSSR count). The first-order valence-electron chi connectivity index (χ1n) is 12.8. The molecule has 0 unspecified atom stereocenters. The second kappa shape index (κ2) is 9.78. The normalized spacial score (nSPS) is 32.6. The fourth-order valence-corrected chi connectivity index (χ4v) is 6.94. The highest BCUT2D eigenvalue weighted by Gasteiger charge is 2.65. The van der Waals surface area contributed by atoms with E-state index in [1.807, 2.05) is 43.3 Å². The van der Waals surface area contributed by atoms with Crippen LogP contribution in [0, 0.1) is 28.6 Å². The van der Waals surface area contributed by atoms with Crippen LogP contribution in [0.5, 0.6) is 0 Å². The van der Waals surface area contributed by atoms with E-state index < -0.39 is 34.6 Å². The molecule has 1 aromatic heterocycles. The van der Waals surface area contributed by atoms with Gasteiger partial charge in [0.05, 0.1) is 31.3 Å². The molecule has 6 atom stereocenters. The number of hydrogen-bond donors (Lipinski definition) is 0. The fraction of sp³-hybridized carbons (Fsp3) is 0.387. The Labute approximate surface area is 222 Å². The molecule has 2 heterocycles. The number of furan rings is 1. The minimum Gasteiger partial charge on any atom is -0.490 e. The SMILES string of the molecule is C=C1O[C@H](c2ccoc2)C[C@]2(C)[C@H]3C(=O)C(OC(=O)/C=C/c4ccccc4)=C[C@@H](C(=O)OC)[C@]3(C)CC[C@@H]12. The van der Waals surface area contributed by atoms with E-state index in [1.54, 1.807) is 18.6 Å². The van der Waals surface area contributed by atoms with Crippen LogP contribution >= 0.6 is 0 Å². The Kier molecular flexibility index (Phi) is 6.63. The summed E-state index contributed by atoms with van der Waals surface area (Å²) in [6, 6.07) is 11.1. The number of hydrogen-bond acceptors (Lipinski definition) is 7. The molecule has 0 bridgehead atoms. The van der Waals surface area contributed by atoms with Gasteiger partial charge in [0.1, 0.15) is 6.10 Å².